The summed E-state index contributed by atoms with van der Waals surface area (Å²) in [5.41, 5.74) is 2.59. The minimum Gasteiger partial charge on any atom is -0.309 e. The van der Waals surface area contributed by atoms with Gasteiger partial charge in [0.25, 0.3) is 0 Å². The highest BCUT2D eigenvalue weighted by Crippen LogP contribution is 2.22. The van der Waals surface area contributed by atoms with Crippen LogP contribution in [0, 0.1) is 0 Å². The van der Waals surface area contributed by atoms with Crippen molar-refractivity contribution in [1.82, 2.24) is 15.1 Å². The number of hydrogen-bond donors (Lipinski definition) is 1. The van der Waals surface area contributed by atoms with Crippen LogP contribution in [0.5, 0.6) is 0 Å². The SMILES string of the molecule is CCCCCCCC(NCC)c1cc(CC)nn1CC. The third-order valence-electron chi connectivity index (χ3n) is 3.93. The zero-order valence-electron chi connectivity index (χ0n) is 13.9. The van der Waals surface area contributed by atoms with Crippen molar-refractivity contribution in [3.63, 3.8) is 0 Å². The second kappa shape index (κ2) is 9.98. The summed E-state index contributed by atoms with van der Waals surface area (Å²) in [6, 6.07) is 2.76. The number of nitrogens with one attached hydrogen (secondary N) is 1. The van der Waals surface area contributed by atoms with Crippen molar-refractivity contribution in [3.8, 4) is 0 Å². The molecule has 1 atom stereocenters. The molecule has 116 valence electrons. The minimum atomic E-state index is 0.467. The van der Waals surface area contributed by atoms with Crippen LogP contribution in [0.3, 0.4) is 0 Å². The van der Waals surface area contributed by atoms with Gasteiger partial charge in [-0.3, -0.25) is 4.68 Å². The van der Waals surface area contributed by atoms with Gasteiger partial charge < -0.3 is 5.32 Å². The number of unbranched alkanes of at least 4 members (excludes halogenated alkanes) is 4. The van der Waals surface area contributed by atoms with Gasteiger partial charge in [0.2, 0.25) is 0 Å². The molecule has 1 aromatic heterocycles. The topological polar surface area (TPSA) is 29.9 Å². The van der Waals surface area contributed by atoms with Crippen LogP contribution in [0.1, 0.15) is 83.6 Å². The van der Waals surface area contributed by atoms with E-state index in [2.05, 4.69) is 48.9 Å². The number of aromatic nitrogens is 2. The van der Waals surface area contributed by atoms with Crippen LogP contribution < -0.4 is 5.32 Å². The van der Waals surface area contributed by atoms with Crippen molar-refractivity contribution < 1.29 is 0 Å². The van der Waals surface area contributed by atoms with E-state index in [9.17, 15) is 0 Å². The Kier molecular flexibility index (Phi) is 8.59. The first kappa shape index (κ1) is 17.2. The molecule has 1 rings (SSSR count). The van der Waals surface area contributed by atoms with E-state index in [1.54, 1.807) is 0 Å². The van der Waals surface area contributed by atoms with Crippen molar-refractivity contribution in [2.24, 2.45) is 0 Å². The van der Waals surface area contributed by atoms with Gasteiger partial charge in [-0.15, -0.1) is 0 Å². The monoisotopic (exact) mass is 279 g/mol. The average molecular weight is 279 g/mol. The number of hydrogen-bond acceptors (Lipinski definition) is 2. The first-order valence-corrected chi connectivity index (χ1v) is 8.56. The lowest BCUT2D eigenvalue weighted by molar-refractivity contribution is 0.443. The van der Waals surface area contributed by atoms with Crippen LogP contribution in [0.4, 0.5) is 0 Å². The fourth-order valence-electron chi connectivity index (χ4n) is 2.75. The first-order chi connectivity index (χ1) is 9.76. The molecule has 1 aromatic rings. The molecule has 0 fully saturated rings. The molecule has 0 saturated heterocycles. The highest BCUT2D eigenvalue weighted by Gasteiger charge is 2.16. The third kappa shape index (κ3) is 5.28. The molecular formula is C17H33N3. The number of aryl methyl sites for hydroxylation is 2. The van der Waals surface area contributed by atoms with Gasteiger partial charge in [-0.1, -0.05) is 52.9 Å². The summed E-state index contributed by atoms with van der Waals surface area (Å²) in [5, 5.41) is 8.33. The Hall–Kier alpha value is -0.830. The molecule has 0 saturated carbocycles. The van der Waals surface area contributed by atoms with E-state index in [1.807, 2.05) is 0 Å². The summed E-state index contributed by atoms with van der Waals surface area (Å²) in [7, 11) is 0. The molecule has 0 aromatic carbocycles. The summed E-state index contributed by atoms with van der Waals surface area (Å²) in [5.74, 6) is 0. The summed E-state index contributed by atoms with van der Waals surface area (Å²) in [4.78, 5) is 0. The van der Waals surface area contributed by atoms with Gasteiger partial charge in [0, 0.05) is 12.6 Å². The molecule has 1 heterocycles. The van der Waals surface area contributed by atoms with E-state index in [0.29, 0.717) is 6.04 Å². The van der Waals surface area contributed by atoms with Crippen LogP contribution >= 0.6 is 0 Å². The van der Waals surface area contributed by atoms with Crippen LogP contribution in [0.2, 0.25) is 0 Å². The summed E-state index contributed by atoms with van der Waals surface area (Å²) >= 11 is 0. The van der Waals surface area contributed by atoms with Gasteiger partial charge in [0.1, 0.15) is 0 Å². The molecule has 0 aliphatic rings. The lowest BCUT2D eigenvalue weighted by Crippen LogP contribution is -2.23. The average Bonchev–Trinajstić information content (AvgIpc) is 2.89. The van der Waals surface area contributed by atoms with E-state index >= 15 is 0 Å². The Morgan fingerprint density at radius 2 is 1.85 bits per heavy atom. The summed E-state index contributed by atoms with van der Waals surface area (Å²) < 4.78 is 2.18. The molecule has 0 amide bonds. The molecule has 0 aliphatic heterocycles. The summed E-state index contributed by atoms with van der Waals surface area (Å²) in [6.45, 7) is 10.8. The van der Waals surface area contributed by atoms with Crippen LogP contribution in [0.15, 0.2) is 6.07 Å². The molecule has 20 heavy (non-hydrogen) atoms. The van der Waals surface area contributed by atoms with Crippen molar-refractivity contribution in [1.29, 1.82) is 0 Å². The second-order valence-corrected chi connectivity index (χ2v) is 5.54. The van der Waals surface area contributed by atoms with Crippen molar-refractivity contribution in [2.45, 2.75) is 85.2 Å². The van der Waals surface area contributed by atoms with Crippen LogP contribution in [-0.2, 0) is 13.0 Å². The largest absolute Gasteiger partial charge is 0.309 e. The Morgan fingerprint density at radius 1 is 1.10 bits per heavy atom. The molecule has 0 spiro atoms. The van der Waals surface area contributed by atoms with Gasteiger partial charge in [-0.2, -0.15) is 5.10 Å². The number of rotatable bonds is 11. The lowest BCUT2D eigenvalue weighted by Gasteiger charge is -2.19. The predicted octanol–water partition coefficient (Wildman–Crippen LogP) is 4.48. The zero-order valence-corrected chi connectivity index (χ0v) is 13.9. The van der Waals surface area contributed by atoms with Gasteiger partial charge in [-0.25, -0.2) is 0 Å². The molecule has 0 aliphatic carbocycles. The number of nitrogens with zero attached hydrogens (tertiary/aromatic N) is 2. The fourth-order valence-corrected chi connectivity index (χ4v) is 2.75. The van der Waals surface area contributed by atoms with E-state index in [-0.39, 0.29) is 0 Å². The van der Waals surface area contributed by atoms with Gasteiger partial charge in [0.05, 0.1) is 11.4 Å². The minimum absolute atomic E-state index is 0.467. The quantitative estimate of drug-likeness (QED) is 0.605. The van der Waals surface area contributed by atoms with Crippen molar-refractivity contribution in [3.05, 3.63) is 17.5 Å². The Labute approximate surface area is 125 Å². The van der Waals surface area contributed by atoms with E-state index in [0.717, 1.165) is 19.5 Å². The van der Waals surface area contributed by atoms with E-state index < -0.39 is 0 Å². The Bertz CT molecular complexity index is 357. The highest BCUT2D eigenvalue weighted by molar-refractivity contribution is 5.14. The molecule has 3 heteroatoms. The maximum Gasteiger partial charge on any atom is 0.0625 e. The van der Waals surface area contributed by atoms with E-state index in [4.69, 9.17) is 0 Å². The molecule has 1 unspecified atom stereocenters. The van der Waals surface area contributed by atoms with Crippen LogP contribution in [-0.4, -0.2) is 16.3 Å². The Morgan fingerprint density at radius 3 is 2.45 bits per heavy atom. The van der Waals surface area contributed by atoms with E-state index in [1.165, 1.54) is 49.9 Å². The second-order valence-electron chi connectivity index (χ2n) is 5.54. The molecule has 3 nitrogen and oxygen atoms in total. The van der Waals surface area contributed by atoms with Gasteiger partial charge in [-0.05, 0) is 32.4 Å². The molecule has 0 radical (unpaired) electrons. The van der Waals surface area contributed by atoms with Gasteiger partial charge in [0.15, 0.2) is 0 Å². The van der Waals surface area contributed by atoms with Crippen molar-refractivity contribution >= 4 is 0 Å². The molecule has 1 N–H and O–H groups in total. The smallest absolute Gasteiger partial charge is 0.0625 e. The van der Waals surface area contributed by atoms with Crippen LogP contribution in [0.25, 0.3) is 0 Å². The maximum absolute atomic E-state index is 4.68. The molecular weight excluding hydrogens is 246 g/mol. The third-order valence-corrected chi connectivity index (χ3v) is 3.93. The van der Waals surface area contributed by atoms with Gasteiger partial charge >= 0.3 is 0 Å². The predicted molar refractivity (Wildman–Crippen MR) is 87.1 cm³/mol. The van der Waals surface area contributed by atoms with Crippen molar-refractivity contribution in [2.75, 3.05) is 6.54 Å². The lowest BCUT2D eigenvalue weighted by atomic mass is 10.0. The maximum atomic E-state index is 4.68. The standard InChI is InChI=1S/C17H33N3/c1-5-9-10-11-12-13-16(18-7-3)17-14-15(6-2)19-20(17)8-4/h14,16,18H,5-13H2,1-4H3. The zero-order chi connectivity index (χ0) is 14.8. The molecule has 0 bridgehead atoms. The normalized spacial score (nSPS) is 12.8. The summed E-state index contributed by atoms with van der Waals surface area (Å²) in [6.07, 6.45) is 8.99. The fraction of sp³-hybridized carbons (Fsp3) is 0.824. The highest BCUT2D eigenvalue weighted by atomic mass is 15.3. The first-order valence-electron chi connectivity index (χ1n) is 8.56. The Balaban J connectivity index is 2.62.